The van der Waals surface area contributed by atoms with Gasteiger partial charge < -0.3 is 10.1 Å². The number of ether oxygens (including phenoxy) is 1. The number of amides is 1. The summed E-state index contributed by atoms with van der Waals surface area (Å²) in [5, 5.41) is 9.61. The second-order valence-electron chi connectivity index (χ2n) is 6.69. The predicted molar refractivity (Wildman–Crippen MR) is 107 cm³/mol. The summed E-state index contributed by atoms with van der Waals surface area (Å²) >= 11 is 0. The van der Waals surface area contributed by atoms with Crippen LogP contribution in [0.25, 0.3) is 0 Å². The van der Waals surface area contributed by atoms with Gasteiger partial charge in [0, 0.05) is 12.1 Å². The van der Waals surface area contributed by atoms with Crippen LogP contribution < -0.4 is 10.1 Å². The van der Waals surface area contributed by atoms with Gasteiger partial charge in [-0.3, -0.25) is 9.89 Å². The number of H-pyrrole nitrogens is 1. The number of aromatic amines is 1. The van der Waals surface area contributed by atoms with Gasteiger partial charge in [-0.1, -0.05) is 48.5 Å². The predicted octanol–water partition coefficient (Wildman–Crippen LogP) is 2.27. The Kier molecular flexibility index (Phi) is 5.32. The molecular weight excluding hydrogens is 392 g/mol. The van der Waals surface area contributed by atoms with Gasteiger partial charge in [0.25, 0.3) is 5.91 Å². The monoisotopic (exact) mass is 412 g/mol. The van der Waals surface area contributed by atoms with Crippen LogP contribution in [-0.4, -0.2) is 35.4 Å². The Hall–Kier alpha value is -3.17. The van der Waals surface area contributed by atoms with Gasteiger partial charge in [0.15, 0.2) is 12.4 Å². The molecule has 8 nitrogen and oxygen atoms in total. The van der Waals surface area contributed by atoms with E-state index < -0.39 is 10.0 Å². The van der Waals surface area contributed by atoms with E-state index in [1.165, 1.54) is 4.31 Å². The van der Waals surface area contributed by atoms with E-state index in [1.807, 2.05) is 36.4 Å². The van der Waals surface area contributed by atoms with E-state index in [2.05, 4.69) is 15.5 Å². The van der Waals surface area contributed by atoms with Gasteiger partial charge in [-0.25, -0.2) is 8.42 Å². The van der Waals surface area contributed by atoms with Crippen LogP contribution in [0.5, 0.6) is 5.75 Å². The molecule has 0 bridgehead atoms. The van der Waals surface area contributed by atoms with Crippen molar-refractivity contribution in [2.75, 3.05) is 11.9 Å². The molecule has 9 heteroatoms. The number of hydrogen-bond acceptors (Lipinski definition) is 5. The van der Waals surface area contributed by atoms with Crippen molar-refractivity contribution in [3.05, 3.63) is 77.5 Å². The molecule has 0 spiro atoms. The number of fused-ring (bicyclic) bond motifs is 1. The molecule has 0 unspecified atom stereocenters. The number of carbonyl (C=O) groups is 1. The van der Waals surface area contributed by atoms with E-state index in [0.717, 1.165) is 5.56 Å². The Labute approximate surface area is 168 Å². The third-order valence-electron chi connectivity index (χ3n) is 4.58. The summed E-state index contributed by atoms with van der Waals surface area (Å²) in [7, 11) is -3.49. The smallest absolute Gasteiger partial charge is 0.263 e. The highest BCUT2D eigenvalue weighted by atomic mass is 32.2. The Bertz CT molecular complexity index is 1100. The lowest BCUT2D eigenvalue weighted by Gasteiger charge is -2.16. The summed E-state index contributed by atoms with van der Waals surface area (Å²) in [5.41, 5.74) is 2.09. The largest absolute Gasteiger partial charge is 0.484 e. The Morgan fingerprint density at radius 3 is 2.48 bits per heavy atom. The molecule has 0 saturated carbocycles. The van der Waals surface area contributed by atoms with Gasteiger partial charge in [0.2, 0.25) is 10.0 Å². The molecule has 2 N–H and O–H groups in total. The molecule has 1 amide bonds. The number of anilines is 1. The number of aromatic nitrogens is 2. The van der Waals surface area contributed by atoms with Gasteiger partial charge in [-0.15, -0.1) is 0 Å². The van der Waals surface area contributed by atoms with Crippen molar-refractivity contribution in [1.29, 1.82) is 0 Å². The highest BCUT2D eigenvalue weighted by molar-refractivity contribution is 7.88. The molecule has 0 radical (unpaired) electrons. The van der Waals surface area contributed by atoms with Crippen LogP contribution in [0, 0.1) is 0 Å². The fourth-order valence-corrected chi connectivity index (χ4v) is 4.57. The molecule has 1 aliphatic rings. The Morgan fingerprint density at radius 1 is 1.07 bits per heavy atom. The van der Waals surface area contributed by atoms with E-state index in [0.29, 0.717) is 22.8 Å². The minimum absolute atomic E-state index is 0.0713. The molecular formula is C20H20N4O4S. The van der Waals surface area contributed by atoms with Crippen molar-refractivity contribution in [2.45, 2.75) is 18.8 Å². The summed E-state index contributed by atoms with van der Waals surface area (Å²) in [6, 6.07) is 18.1. The maximum atomic E-state index is 12.7. The zero-order valence-corrected chi connectivity index (χ0v) is 16.4. The first kappa shape index (κ1) is 19.2. The Morgan fingerprint density at radius 2 is 1.76 bits per heavy atom. The lowest BCUT2D eigenvalue weighted by atomic mass is 10.2. The fraction of sp³-hybridized carbons (Fsp3) is 0.200. The van der Waals surface area contributed by atoms with Crippen molar-refractivity contribution in [3.8, 4) is 5.75 Å². The van der Waals surface area contributed by atoms with Gasteiger partial charge in [-0.05, 0) is 17.7 Å². The van der Waals surface area contributed by atoms with E-state index >= 15 is 0 Å². The van der Waals surface area contributed by atoms with Gasteiger partial charge in [0.1, 0.15) is 5.75 Å². The third-order valence-corrected chi connectivity index (χ3v) is 6.32. The standard InChI is InChI=1S/C20H20N4O4S/c25-19(13-28-16-9-5-2-6-10-16)21-20-17-11-24(12-18(17)22-23-20)29(26,27)14-15-7-3-1-4-8-15/h1-10H,11-14H2,(H2,21,22,23,25). The highest BCUT2D eigenvalue weighted by Crippen LogP contribution is 2.30. The molecule has 0 saturated heterocycles. The van der Waals surface area contributed by atoms with Crippen molar-refractivity contribution < 1.29 is 17.9 Å². The Balaban J connectivity index is 1.38. The van der Waals surface area contributed by atoms with Crippen molar-refractivity contribution >= 4 is 21.7 Å². The maximum Gasteiger partial charge on any atom is 0.263 e. The van der Waals surface area contributed by atoms with Gasteiger partial charge >= 0.3 is 0 Å². The minimum atomic E-state index is -3.49. The van der Waals surface area contributed by atoms with Gasteiger partial charge in [-0.2, -0.15) is 9.40 Å². The zero-order chi connectivity index (χ0) is 20.3. The van der Waals surface area contributed by atoms with Crippen LogP contribution in [0.15, 0.2) is 60.7 Å². The first-order chi connectivity index (χ1) is 14.0. The minimum Gasteiger partial charge on any atom is -0.484 e. The van der Waals surface area contributed by atoms with Crippen LogP contribution in [0.3, 0.4) is 0 Å². The summed E-state index contributed by atoms with van der Waals surface area (Å²) in [4.78, 5) is 12.2. The van der Waals surface area contributed by atoms with E-state index in [1.54, 1.807) is 24.3 Å². The van der Waals surface area contributed by atoms with E-state index in [-0.39, 0.29) is 31.4 Å². The summed E-state index contributed by atoms with van der Waals surface area (Å²) < 4.78 is 32.3. The van der Waals surface area contributed by atoms with Crippen molar-refractivity contribution in [1.82, 2.24) is 14.5 Å². The van der Waals surface area contributed by atoms with Crippen LogP contribution in [0.1, 0.15) is 16.8 Å². The molecule has 0 atom stereocenters. The third kappa shape index (κ3) is 4.47. The fourth-order valence-electron chi connectivity index (χ4n) is 3.12. The van der Waals surface area contributed by atoms with Crippen LogP contribution in [0.4, 0.5) is 5.82 Å². The summed E-state index contributed by atoms with van der Waals surface area (Å²) in [6.07, 6.45) is 0. The molecule has 0 fully saturated rings. The number of hydrogen-bond donors (Lipinski definition) is 2. The number of carbonyl (C=O) groups excluding carboxylic acids is 1. The van der Waals surface area contributed by atoms with Crippen molar-refractivity contribution in [2.24, 2.45) is 0 Å². The highest BCUT2D eigenvalue weighted by Gasteiger charge is 2.33. The molecule has 0 aliphatic carbocycles. The molecule has 150 valence electrons. The summed E-state index contributed by atoms with van der Waals surface area (Å²) in [5.74, 6) is 0.485. The van der Waals surface area contributed by atoms with E-state index in [9.17, 15) is 13.2 Å². The second-order valence-corrected chi connectivity index (χ2v) is 8.66. The first-order valence-corrected chi connectivity index (χ1v) is 10.7. The number of nitrogens with zero attached hydrogens (tertiary/aromatic N) is 2. The summed E-state index contributed by atoms with van der Waals surface area (Å²) in [6.45, 7) is 0.200. The molecule has 1 aromatic heterocycles. The molecule has 4 rings (SSSR count). The zero-order valence-electron chi connectivity index (χ0n) is 15.5. The first-order valence-electron chi connectivity index (χ1n) is 9.07. The molecule has 1 aliphatic heterocycles. The number of nitrogens with one attached hydrogen (secondary N) is 2. The number of benzene rings is 2. The molecule has 2 heterocycles. The maximum absolute atomic E-state index is 12.7. The van der Waals surface area contributed by atoms with Crippen LogP contribution >= 0.6 is 0 Å². The average molecular weight is 412 g/mol. The number of para-hydroxylation sites is 1. The normalized spacial score (nSPS) is 13.8. The molecule has 29 heavy (non-hydrogen) atoms. The number of rotatable bonds is 7. The molecule has 3 aromatic rings. The van der Waals surface area contributed by atoms with E-state index in [4.69, 9.17) is 4.74 Å². The van der Waals surface area contributed by atoms with Gasteiger partial charge in [0.05, 0.1) is 18.0 Å². The average Bonchev–Trinajstić information content (AvgIpc) is 3.30. The van der Waals surface area contributed by atoms with Crippen molar-refractivity contribution in [3.63, 3.8) is 0 Å². The second kappa shape index (κ2) is 8.06. The van der Waals surface area contributed by atoms with Crippen LogP contribution in [-0.2, 0) is 33.7 Å². The quantitative estimate of drug-likeness (QED) is 0.620. The SMILES string of the molecule is O=C(COc1ccccc1)Nc1n[nH]c2c1CN(S(=O)(=O)Cc1ccccc1)C2. The topological polar surface area (TPSA) is 104 Å². The molecule has 2 aromatic carbocycles. The van der Waals surface area contributed by atoms with Crippen LogP contribution in [0.2, 0.25) is 0 Å². The lowest BCUT2D eigenvalue weighted by Crippen LogP contribution is -2.27. The number of sulfonamides is 1. The lowest BCUT2D eigenvalue weighted by molar-refractivity contribution is -0.118.